The first kappa shape index (κ1) is 14.1. The molecule has 1 amide bonds. The van der Waals surface area contributed by atoms with E-state index in [1.165, 1.54) is 5.56 Å². The highest BCUT2D eigenvalue weighted by atomic mass is 16.2. The van der Waals surface area contributed by atoms with Crippen molar-refractivity contribution in [3.8, 4) is 0 Å². The Morgan fingerprint density at radius 2 is 2.11 bits per heavy atom. The highest BCUT2D eigenvalue weighted by molar-refractivity contribution is 5.94. The molecule has 19 heavy (non-hydrogen) atoms. The number of hydrogen-bond acceptors (Lipinski definition) is 2. The molecule has 1 heterocycles. The van der Waals surface area contributed by atoms with Gasteiger partial charge in [0.1, 0.15) is 0 Å². The van der Waals surface area contributed by atoms with Crippen LogP contribution in [-0.4, -0.2) is 29.9 Å². The summed E-state index contributed by atoms with van der Waals surface area (Å²) in [6.07, 6.45) is 3.20. The topological polar surface area (TPSA) is 46.3 Å². The molecule has 0 spiro atoms. The molecular formula is C16H24N2O. The minimum absolute atomic E-state index is 0.146. The van der Waals surface area contributed by atoms with E-state index in [1.807, 2.05) is 36.1 Å². The quantitative estimate of drug-likeness (QED) is 0.907. The molecule has 1 aromatic carbocycles. The lowest BCUT2D eigenvalue weighted by Crippen LogP contribution is -2.45. The van der Waals surface area contributed by atoms with Gasteiger partial charge in [-0.3, -0.25) is 4.79 Å². The van der Waals surface area contributed by atoms with Crippen molar-refractivity contribution >= 4 is 5.91 Å². The average Bonchev–Trinajstić information content (AvgIpc) is 2.46. The molecule has 1 aromatic rings. The lowest BCUT2D eigenvalue weighted by molar-refractivity contribution is 0.0661. The van der Waals surface area contributed by atoms with Crippen LogP contribution in [0.5, 0.6) is 0 Å². The Morgan fingerprint density at radius 1 is 1.42 bits per heavy atom. The number of piperidine rings is 1. The fraction of sp³-hybridized carbons (Fsp3) is 0.562. The molecule has 0 bridgehead atoms. The summed E-state index contributed by atoms with van der Waals surface area (Å²) in [4.78, 5) is 14.4. The summed E-state index contributed by atoms with van der Waals surface area (Å²) in [5.41, 5.74) is 8.03. The van der Waals surface area contributed by atoms with Crippen molar-refractivity contribution in [2.75, 3.05) is 13.1 Å². The number of carbonyl (C=O) groups is 1. The van der Waals surface area contributed by atoms with E-state index < -0.39 is 0 Å². The van der Waals surface area contributed by atoms with E-state index in [0.29, 0.717) is 5.92 Å². The second kappa shape index (κ2) is 6.20. The number of nitrogens with two attached hydrogens (primary N) is 1. The van der Waals surface area contributed by atoms with Crippen LogP contribution in [-0.2, 0) is 6.42 Å². The van der Waals surface area contributed by atoms with Crippen LogP contribution in [0.1, 0.15) is 42.6 Å². The highest BCUT2D eigenvalue weighted by Crippen LogP contribution is 2.20. The van der Waals surface area contributed by atoms with Crippen molar-refractivity contribution in [3.05, 3.63) is 35.4 Å². The maximum absolute atomic E-state index is 12.5. The summed E-state index contributed by atoms with van der Waals surface area (Å²) in [5.74, 6) is 0.584. The van der Waals surface area contributed by atoms with Crippen LogP contribution in [0, 0.1) is 5.92 Å². The molecule has 0 aliphatic carbocycles. The molecule has 3 nitrogen and oxygen atoms in total. The Balaban J connectivity index is 2.05. The van der Waals surface area contributed by atoms with Gasteiger partial charge in [0, 0.05) is 24.7 Å². The summed E-state index contributed by atoms with van der Waals surface area (Å²) in [6.45, 7) is 5.81. The van der Waals surface area contributed by atoms with Crippen LogP contribution in [0.2, 0.25) is 0 Å². The Kier molecular flexibility index (Phi) is 4.59. The van der Waals surface area contributed by atoms with E-state index in [2.05, 4.69) is 6.92 Å². The third-order valence-electron chi connectivity index (χ3n) is 4.10. The van der Waals surface area contributed by atoms with Crippen molar-refractivity contribution in [1.82, 2.24) is 4.90 Å². The van der Waals surface area contributed by atoms with Gasteiger partial charge >= 0.3 is 0 Å². The van der Waals surface area contributed by atoms with Gasteiger partial charge in [0.2, 0.25) is 0 Å². The third kappa shape index (κ3) is 3.35. The largest absolute Gasteiger partial charge is 0.338 e. The SMILES string of the molecule is CCc1ccc(C(=O)N2CCC[C@@H]([C@@H](C)N)C2)cc1. The zero-order valence-corrected chi connectivity index (χ0v) is 11.9. The number of benzene rings is 1. The molecule has 1 saturated heterocycles. The van der Waals surface area contributed by atoms with E-state index in [9.17, 15) is 4.79 Å². The molecule has 2 rings (SSSR count). The molecule has 104 valence electrons. The van der Waals surface area contributed by atoms with Gasteiger partial charge in [-0.2, -0.15) is 0 Å². The molecular weight excluding hydrogens is 236 g/mol. The van der Waals surface area contributed by atoms with Crippen LogP contribution in [0.3, 0.4) is 0 Å². The van der Waals surface area contributed by atoms with Gasteiger partial charge in [-0.1, -0.05) is 19.1 Å². The second-order valence-electron chi connectivity index (χ2n) is 5.56. The molecule has 0 aromatic heterocycles. The van der Waals surface area contributed by atoms with Crippen LogP contribution < -0.4 is 5.73 Å². The van der Waals surface area contributed by atoms with Crippen LogP contribution >= 0.6 is 0 Å². The Bertz CT molecular complexity index is 425. The summed E-state index contributed by atoms with van der Waals surface area (Å²) >= 11 is 0. The zero-order chi connectivity index (χ0) is 13.8. The molecule has 2 N–H and O–H groups in total. The maximum Gasteiger partial charge on any atom is 0.253 e. The number of aryl methyl sites for hydroxylation is 1. The third-order valence-corrected chi connectivity index (χ3v) is 4.10. The standard InChI is InChI=1S/C16H24N2O/c1-3-13-6-8-14(9-7-13)16(19)18-10-4-5-15(11-18)12(2)17/h6-9,12,15H,3-5,10-11,17H2,1-2H3/t12-,15-/m1/s1. The van der Waals surface area contributed by atoms with Crippen molar-refractivity contribution < 1.29 is 4.79 Å². The van der Waals surface area contributed by atoms with Gasteiger partial charge in [-0.15, -0.1) is 0 Å². The van der Waals surface area contributed by atoms with Gasteiger partial charge in [-0.05, 0) is 49.8 Å². The maximum atomic E-state index is 12.5. The fourth-order valence-corrected chi connectivity index (χ4v) is 2.69. The highest BCUT2D eigenvalue weighted by Gasteiger charge is 2.26. The van der Waals surface area contributed by atoms with E-state index in [1.54, 1.807) is 0 Å². The zero-order valence-electron chi connectivity index (χ0n) is 11.9. The molecule has 0 radical (unpaired) electrons. The minimum Gasteiger partial charge on any atom is -0.338 e. The molecule has 0 saturated carbocycles. The predicted molar refractivity (Wildman–Crippen MR) is 78.1 cm³/mol. The number of hydrogen-bond donors (Lipinski definition) is 1. The number of carbonyl (C=O) groups excluding carboxylic acids is 1. The van der Waals surface area contributed by atoms with E-state index >= 15 is 0 Å². The number of nitrogens with zero attached hydrogens (tertiary/aromatic N) is 1. The summed E-state index contributed by atoms with van der Waals surface area (Å²) < 4.78 is 0. The monoisotopic (exact) mass is 260 g/mol. The van der Waals surface area contributed by atoms with Crippen molar-refractivity contribution in [1.29, 1.82) is 0 Å². The molecule has 0 unspecified atom stereocenters. The first-order chi connectivity index (χ1) is 9.11. The van der Waals surface area contributed by atoms with Gasteiger partial charge < -0.3 is 10.6 Å². The predicted octanol–water partition coefficient (Wildman–Crippen LogP) is 2.45. The second-order valence-corrected chi connectivity index (χ2v) is 5.56. The first-order valence-corrected chi connectivity index (χ1v) is 7.25. The lowest BCUT2D eigenvalue weighted by Gasteiger charge is -2.34. The minimum atomic E-state index is 0.146. The van der Waals surface area contributed by atoms with Crippen molar-refractivity contribution in [3.63, 3.8) is 0 Å². The van der Waals surface area contributed by atoms with Gasteiger partial charge in [0.05, 0.1) is 0 Å². The first-order valence-electron chi connectivity index (χ1n) is 7.25. The summed E-state index contributed by atoms with van der Waals surface area (Å²) in [5, 5.41) is 0. The Morgan fingerprint density at radius 3 is 2.68 bits per heavy atom. The van der Waals surface area contributed by atoms with Crippen LogP contribution in [0.25, 0.3) is 0 Å². The van der Waals surface area contributed by atoms with E-state index in [0.717, 1.165) is 37.9 Å². The fourth-order valence-electron chi connectivity index (χ4n) is 2.69. The molecule has 1 aliphatic heterocycles. The van der Waals surface area contributed by atoms with Gasteiger partial charge in [0.25, 0.3) is 5.91 Å². The van der Waals surface area contributed by atoms with Crippen molar-refractivity contribution in [2.24, 2.45) is 11.7 Å². The Labute approximate surface area is 115 Å². The van der Waals surface area contributed by atoms with Crippen molar-refractivity contribution in [2.45, 2.75) is 39.2 Å². The normalized spacial score (nSPS) is 21.2. The van der Waals surface area contributed by atoms with Gasteiger partial charge in [-0.25, -0.2) is 0 Å². The summed E-state index contributed by atoms with van der Waals surface area (Å²) in [6, 6.07) is 8.13. The smallest absolute Gasteiger partial charge is 0.253 e. The molecule has 3 heteroatoms. The number of likely N-dealkylation sites (tertiary alicyclic amines) is 1. The van der Waals surface area contributed by atoms with E-state index in [4.69, 9.17) is 5.73 Å². The molecule has 1 aliphatic rings. The van der Waals surface area contributed by atoms with Crippen LogP contribution in [0.15, 0.2) is 24.3 Å². The summed E-state index contributed by atoms with van der Waals surface area (Å²) in [7, 11) is 0. The molecule has 2 atom stereocenters. The van der Waals surface area contributed by atoms with Gasteiger partial charge in [0.15, 0.2) is 0 Å². The van der Waals surface area contributed by atoms with Crippen LogP contribution in [0.4, 0.5) is 0 Å². The lowest BCUT2D eigenvalue weighted by atomic mass is 9.92. The van der Waals surface area contributed by atoms with E-state index in [-0.39, 0.29) is 11.9 Å². The number of rotatable bonds is 3. The average molecular weight is 260 g/mol. The Hall–Kier alpha value is -1.35. The molecule has 1 fully saturated rings. The number of amides is 1.